The summed E-state index contributed by atoms with van der Waals surface area (Å²) in [7, 11) is -4.34. The smallest absolute Gasteiger partial charge is 0.342 e. The molecule has 1 heterocycles. The van der Waals surface area contributed by atoms with Crippen LogP contribution in [-0.2, 0) is 32.4 Å². The minimum absolute atomic E-state index is 0.0407. The fourth-order valence-corrected chi connectivity index (χ4v) is 6.77. The zero-order valence-corrected chi connectivity index (χ0v) is 23.1. The molecule has 4 rings (SSSR count). The first-order valence-electron chi connectivity index (χ1n) is 13.3. The van der Waals surface area contributed by atoms with Crippen molar-refractivity contribution in [2.45, 2.75) is 69.3 Å². The van der Waals surface area contributed by atoms with Gasteiger partial charge in [-0.2, -0.15) is 0 Å². The largest absolute Gasteiger partial charge is 0.511 e. The standard InChI is InChI=1S/C31H34FNO5S/c1-3-11-24-26(32)17-16-25(29(24)39(36,37)33-23-14-9-6-10-15-23)28-27(34)21-31(19-4-2,38-30(28)35)20-18-22-12-7-5-8-13-22/h5-10,12-17,33-34H,3-4,11,18-21H2,1-2H3. The van der Waals surface area contributed by atoms with Crippen molar-refractivity contribution in [3.8, 4) is 0 Å². The third kappa shape index (κ3) is 6.33. The second kappa shape index (κ2) is 12.0. The number of halogens is 1. The highest BCUT2D eigenvalue weighted by molar-refractivity contribution is 7.92. The van der Waals surface area contributed by atoms with E-state index in [2.05, 4.69) is 4.72 Å². The van der Waals surface area contributed by atoms with Gasteiger partial charge in [0.1, 0.15) is 27.6 Å². The van der Waals surface area contributed by atoms with Gasteiger partial charge in [-0.25, -0.2) is 17.6 Å². The second-order valence-corrected chi connectivity index (χ2v) is 11.5. The van der Waals surface area contributed by atoms with Gasteiger partial charge in [0.25, 0.3) is 10.0 Å². The molecule has 0 saturated carbocycles. The maximum absolute atomic E-state index is 15.0. The Morgan fingerprint density at radius 2 is 1.59 bits per heavy atom. The number of carbonyl (C=O) groups is 1. The number of anilines is 1. The number of nitrogens with one attached hydrogen (secondary N) is 1. The molecule has 0 bridgehead atoms. The molecule has 0 aliphatic carbocycles. The lowest BCUT2D eigenvalue weighted by Gasteiger charge is -2.37. The predicted molar refractivity (Wildman–Crippen MR) is 150 cm³/mol. The number of sulfonamides is 1. The van der Waals surface area contributed by atoms with Crippen molar-refractivity contribution in [2.24, 2.45) is 0 Å². The highest BCUT2D eigenvalue weighted by Crippen LogP contribution is 2.42. The summed E-state index contributed by atoms with van der Waals surface area (Å²) in [4.78, 5) is 13.2. The fourth-order valence-electron chi connectivity index (χ4n) is 5.24. The Bertz CT molecular complexity index is 1460. The lowest BCUT2D eigenvalue weighted by atomic mass is 9.83. The third-order valence-corrected chi connectivity index (χ3v) is 8.48. The summed E-state index contributed by atoms with van der Waals surface area (Å²) in [6, 6.07) is 20.4. The lowest BCUT2D eigenvalue weighted by Crippen LogP contribution is -2.40. The van der Waals surface area contributed by atoms with Gasteiger partial charge >= 0.3 is 5.97 Å². The van der Waals surface area contributed by atoms with Gasteiger partial charge in [-0.05, 0) is 55.5 Å². The van der Waals surface area contributed by atoms with Crippen molar-refractivity contribution in [1.82, 2.24) is 0 Å². The Hall–Kier alpha value is -3.65. The van der Waals surface area contributed by atoms with Crippen LogP contribution in [0.4, 0.5) is 10.1 Å². The third-order valence-electron chi connectivity index (χ3n) is 6.98. The van der Waals surface area contributed by atoms with Crippen LogP contribution in [0.3, 0.4) is 0 Å². The van der Waals surface area contributed by atoms with Crippen LogP contribution >= 0.6 is 0 Å². The number of rotatable bonds is 11. The van der Waals surface area contributed by atoms with Crippen molar-refractivity contribution in [2.75, 3.05) is 4.72 Å². The molecule has 0 spiro atoms. The van der Waals surface area contributed by atoms with Crippen molar-refractivity contribution >= 4 is 27.3 Å². The van der Waals surface area contributed by atoms with E-state index in [4.69, 9.17) is 4.74 Å². The number of ether oxygens (including phenoxy) is 1. The van der Waals surface area contributed by atoms with Crippen LogP contribution in [-0.4, -0.2) is 25.1 Å². The van der Waals surface area contributed by atoms with E-state index >= 15 is 4.39 Å². The van der Waals surface area contributed by atoms with Crippen LogP contribution < -0.4 is 4.72 Å². The molecule has 1 unspecified atom stereocenters. The Morgan fingerprint density at radius 3 is 2.21 bits per heavy atom. The number of aliphatic hydroxyl groups is 1. The zero-order chi connectivity index (χ0) is 28.0. The molecule has 0 saturated heterocycles. The molecule has 3 aromatic rings. The number of hydrogen-bond acceptors (Lipinski definition) is 5. The number of benzene rings is 3. The quantitative estimate of drug-likeness (QED) is 0.251. The molecule has 0 radical (unpaired) electrons. The van der Waals surface area contributed by atoms with Crippen LogP contribution in [0, 0.1) is 5.82 Å². The maximum atomic E-state index is 15.0. The molecule has 206 valence electrons. The SMILES string of the molecule is CCCc1c(F)ccc(C2=C(O)CC(CCC)(CCc3ccccc3)OC2=O)c1S(=O)(=O)Nc1ccccc1. The van der Waals surface area contributed by atoms with Gasteiger partial charge in [-0.1, -0.05) is 75.2 Å². The summed E-state index contributed by atoms with van der Waals surface area (Å²) < 4.78 is 50.9. The highest BCUT2D eigenvalue weighted by atomic mass is 32.2. The monoisotopic (exact) mass is 551 g/mol. The Labute approximate surface area is 229 Å². The first-order chi connectivity index (χ1) is 18.7. The van der Waals surface area contributed by atoms with Gasteiger partial charge in [0, 0.05) is 23.2 Å². The van der Waals surface area contributed by atoms with Crippen LogP contribution in [0.15, 0.2) is 83.5 Å². The van der Waals surface area contributed by atoms with Crippen molar-refractivity contribution in [3.63, 3.8) is 0 Å². The fraction of sp³-hybridized carbons (Fsp3) is 0.323. The molecule has 39 heavy (non-hydrogen) atoms. The summed E-state index contributed by atoms with van der Waals surface area (Å²) in [6.07, 6.45) is 3.05. The number of aryl methyl sites for hydroxylation is 1. The van der Waals surface area contributed by atoms with E-state index in [1.165, 1.54) is 6.07 Å². The second-order valence-electron chi connectivity index (χ2n) is 9.93. The van der Waals surface area contributed by atoms with Gasteiger partial charge in [-0.3, -0.25) is 4.72 Å². The molecule has 8 heteroatoms. The Balaban J connectivity index is 1.79. The van der Waals surface area contributed by atoms with Gasteiger partial charge in [0.2, 0.25) is 0 Å². The zero-order valence-electron chi connectivity index (χ0n) is 22.2. The molecule has 1 aliphatic rings. The number of para-hydroxylation sites is 1. The minimum Gasteiger partial charge on any atom is -0.511 e. The first-order valence-corrected chi connectivity index (χ1v) is 14.8. The van der Waals surface area contributed by atoms with Crippen molar-refractivity contribution in [3.05, 3.63) is 101 Å². The predicted octanol–water partition coefficient (Wildman–Crippen LogP) is 6.97. The van der Waals surface area contributed by atoms with Gasteiger partial charge in [-0.15, -0.1) is 0 Å². The number of carbonyl (C=O) groups excluding carboxylic acids is 1. The molecule has 6 nitrogen and oxygen atoms in total. The molecule has 1 atom stereocenters. The summed E-state index contributed by atoms with van der Waals surface area (Å²) in [5.74, 6) is -1.76. The molecular formula is C31H34FNO5S. The van der Waals surface area contributed by atoms with Gasteiger partial charge in [0.15, 0.2) is 0 Å². The summed E-state index contributed by atoms with van der Waals surface area (Å²) in [5, 5.41) is 11.3. The normalized spacial score (nSPS) is 17.7. The topological polar surface area (TPSA) is 92.7 Å². The lowest BCUT2D eigenvalue weighted by molar-refractivity contribution is -0.157. The van der Waals surface area contributed by atoms with E-state index in [1.807, 2.05) is 44.2 Å². The molecular weight excluding hydrogens is 517 g/mol. The van der Waals surface area contributed by atoms with E-state index in [9.17, 15) is 18.3 Å². The van der Waals surface area contributed by atoms with Crippen LogP contribution in [0.25, 0.3) is 5.57 Å². The average molecular weight is 552 g/mol. The van der Waals surface area contributed by atoms with Gasteiger partial charge in [0.05, 0.1) is 0 Å². The Kier molecular flexibility index (Phi) is 8.75. The van der Waals surface area contributed by atoms with E-state index in [1.54, 1.807) is 30.3 Å². The van der Waals surface area contributed by atoms with E-state index in [0.29, 0.717) is 31.4 Å². The highest BCUT2D eigenvalue weighted by Gasteiger charge is 2.43. The Morgan fingerprint density at radius 1 is 0.923 bits per heavy atom. The average Bonchev–Trinajstić information content (AvgIpc) is 2.90. The number of esters is 1. The van der Waals surface area contributed by atoms with Crippen LogP contribution in [0.2, 0.25) is 0 Å². The molecule has 0 amide bonds. The summed E-state index contributed by atoms with van der Waals surface area (Å²) in [5.41, 5.74) is 0.0964. The molecule has 0 aromatic heterocycles. The molecule has 2 N–H and O–H groups in total. The van der Waals surface area contributed by atoms with Gasteiger partial charge < -0.3 is 9.84 Å². The minimum atomic E-state index is -4.34. The van der Waals surface area contributed by atoms with Crippen molar-refractivity contribution < 1.29 is 27.4 Å². The molecule has 1 aliphatic heterocycles. The van der Waals surface area contributed by atoms with Crippen LogP contribution in [0.5, 0.6) is 0 Å². The number of cyclic esters (lactones) is 1. The first kappa shape index (κ1) is 28.4. The number of aliphatic hydroxyl groups excluding tert-OH is 1. The number of hydrogen-bond donors (Lipinski definition) is 2. The van der Waals surface area contributed by atoms with E-state index < -0.39 is 27.4 Å². The maximum Gasteiger partial charge on any atom is 0.342 e. The van der Waals surface area contributed by atoms with E-state index in [0.717, 1.165) is 18.1 Å². The molecule has 3 aromatic carbocycles. The summed E-state index contributed by atoms with van der Waals surface area (Å²) in [6.45, 7) is 3.79. The van der Waals surface area contributed by atoms with Crippen molar-refractivity contribution in [1.29, 1.82) is 0 Å². The molecule has 0 fully saturated rings. The van der Waals surface area contributed by atoms with E-state index in [-0.39, 0.29) is 40.2 Å². The van der Waals surface area contributed by atoms with Crippen LogP contribution in [0.1, 0.15) is 62.6 Å². The summed E-state index contributed by atoms with van der Waals surface area (Å²) >= 11 is 0.